The summed E-state index contributed by atoms with van der Waals surface area (Å²) in [6.07, 6.45) is 5.66. The number of carbonyl (C=O) groups excluding carboxylic acids is 1. The van der Waals surface area contributed by atoms with Crippen LogP contribution in [-0.4, -0.2) is 54.3 Å². The van der Waals surface area contributed by atoms with Crippen molar-refractivity contribution in [2.24, 2.45) is 11.8 Å². The van der Waals surface area contributed by atoms with Crippen molar-refractivity contribution in [1.82, 2.24) is 9.80 Å². The summed E-state index contributed by atoms with van der Waals surface area (Å²) in [6, 6.07) is 0. The predicted octanol–water partition coefficient (Wildman–Crippen LogP) is 2.80. The number of hydrogen-bond donors (Lipinski definition) is 0. The first kappa shape index (κ1) is 16.0. The van der Waals surface area contributed by atoms with Crippen LogP contribution in [0, 0.1) is 11.8 Å². The van der Waals surface area contributed by atoms with Crippen molar-refractivity contribution >= 4 is 5.78 Å². The molecule has 0 aromatic rings. The molecule has 2 rings (SSSR count). The Kier molecular flexibility index (Phi) is 5.25. The Morgan fingerprint density at radius 3 is 2.70 bits per heavy atom. The molecule has 0 radical (unpaired) electrons. The van der Waals surface area contributed by atoms with E-state index in [2.05, 4.69) is 37.6 Å². The summed E-state index contributed by atoms with van der Waals surface area (Å²) in [4.78, 5) is 17.2. The van der Waals surface area contributed by atoms with Gasteiger partial charge in [0, 0.05) is 44.1 Å². The standard InChI is InChI=1S/C17H32N2O/c1-5-6-14-7-8-16(20)15(11-14)12-19-10-9-18(4)17(2,3)13-19/h14-15H,5-13H2,1-4H3. The summed E-state index contributed by atoms with van der Waals surface area (Å²) >= 11 is 0. The second kappa shape index (κ2) is 6.57. The van der Waals surface area contributed by atoms with Gasteiger partial charge in [0.2, 0.25) is 0 Å². The molecule has 2 fully saturated rings. The molecule has 2 atom stereocenters. The lowest BCUT2D eigenvalue weighted by Crippen LogP contribution is -2.58. The van der Waals surface area contributed by atoms with E-state index in [1.165, 1.54) is 12.8 Å². The highest BCUT2D eigenvalue weighted by molar-refractivity contribution is 5.81. The van der Waals surface area contributed by atoms with E-state index in [4.69, 9.17) is 0 Å². The third kappa shape index (κ3) is 3.82. The monoisotopic (exact) mass is 280 g/mol. The lowest BCUT2D eigenvalue weighted by molar-refractivity contribution is -0.127. The molecule has 1 aliphatic carbocycles. The third-order valence-corrected chi connectivity index (χ3v) is 5.44. The van der Waals surface area contributed by atoms with Gasteiger partial charge in [-0.05, 0) is 39.7 Å². The normalized spacial score (nSPS) is 32.5. The Hall–Kier alpha value is -0.410. The zero-order valence-corrected chi connectivity index (χ0v) is 13.8. The molecule has 2 unspecified atom stereocenters. The molecule has 0 aromatic heterocycles. The summed E-state index contributed by atoms with van der Waals surface area (Å²) in [7, 11) is 2.21. The number of ketones is 1. The summed E-state index contributed by atoms with van der Waals surface area (Å²) in [6.45, 7) is 11.2. The van der Waals surface area contributed by atoms with E-state index in [9.17, 15) is 4.79 Å². The molecule has 0 spiro atoms. The van der Waals surface area contributed by atoms with E-state index in [-0.39, 0.29) is 5.54 Å². The van der Waals surface area contributed by atoms with Gasteiger partial charge in [-0.3, -0.25) is 14.6 Å². The van der Waals surface area contributed by atoms with Crippen molar-refractivity contribution in [3.8, 4) is 0 Å². The lowest BCUT2D eigenvalue weighted by atomic mass is 9.78. The highest BCUT2D eigenvalue weighted by Crippen LogP contribution is 2.31. The van der Waals surface area contributed by atoms with Crippen LogP contribution < -0.4 is 0 Å². The van der Waals surface area contributed by atoms with Gasteiger partial charge in [0.1, 0.15) is 5.78 Å². The zero-order chi connectivity index (χ0) is 14.8. The van der Waals surface area contributed by atoms with Gasteiger partial charge in [-0.15, -0.1) is 0 Å². The number of Topliss-reactive ketones (excluding diaryl/α,β-unsaturated/α-hetero) is 1. The van der Waals surface area contributed by atoms with Gasteiger partial charge >= 0.3 is 0 Å². The maximum atomic E-state index is 12.2. The van der Waals surface area contributed by atoms with E-state index < -0.39 is 0 Å². The van der Waals surface area contributed by atoms with Gasteiger partial charge in [-0.1, -0.05) is 19.8 Å². The van der Waals surface area contributed by atoms with Crippen molar-refractivity contribution in [2.75, 3.05) is 33.2 Å². The highest BCUT2D eigenvalue weighted by atomic mass is 16.1. The van der Waals surface area contributed by atoms with Crippen LogP contribution in [0.15, 0.2) is 0 Å². The fourth-order valence-corrected chi connectivity index (χ4v) is 3.86. The molecular formula is C17H32N2O. The van der Waals surface area contributed by atoms with Crippen LogP contribution in [0.2, 0.25) is 0 Å². The molecule has 1 saturated heterocycles. The molecule has 0 aromatic carbocycles. The smallest absolute Gasteiger partial charge is 0.137 e. The van der Waals surface area contributed by atoms with Crippen molar-refractivity contribution in [1.29, 1.82) is 0 Å². The molecule has 2 aliphatic rings. The minimum Gasteiger partial charge on any atom is -0.300 e. The van der Waals surface area contributed by atoms with E-state index >= 15 is 0 Å². The Labute approximate surface area is 124 Å². The first-order chi connectivity index (χ1) is 9.42. The molecule has 3 nitrogen and oxygen atoms in total. The van der Waals surface area contributed by atoms with E-state index in [0.717, 1.165) is 51.4 Å². The Balaban J connectivity index is 1.89. The SMILES string of the molecule is CCCC1CCC(=O)C(CN2CCN(C)C(C)(C)C2)C1. The molecule has 1 aliphatic heterocycles. The van der Waals surface area contributed by atoms with Crippen molar-refractivity contribution in [3.05, 3.63) is 0 Å². The Bertz CT molecular complexity index is 340. The number of nitrogens with zero attached hydrogens (tertiary/aromatic N) is 2. The second-order valence-electron chi connectivity index (χ2n) is 7.56. The molecular weight excluding hydrogens is 248 g/mol. The molecule has 20 heavy (non-hydrogen) atoms. The van der Waals surface area contributed by atoms with Gasteiger partial charge in [0.05, 0.1) is 0 Å². The predicted molar refractivity (Wildman–Crippen MR) is 83.9 cm³/mol. The van der Waals surface area contributed by atoms with Crippen LogP contribution in [-0.2, 0) is 4.79 Å². The molecule has 0 amide bonds. The van der Waals surface area contributed by atoms with Crippen molar-refractivity contribution in [3.63, 3.8) is 0 Å². The first-order valence-corrected chi connectivity index (χ1v) is 8.38. The largest absolute Gasteiger partial charge is 0.300 e. The average Bonchev–Trinajstić information content (AvgIpc) is 2.38. The molecule has 0 bridgehead atoms. The Morgan fingerprint density at radius 1 is 1.30 bits per heavy atom. The summed E-state index contributed by atoms with van der Waals surface area (Å²) in [5.41, 5.74) is 0.235. The van der Waals surface area contributed by atoms with Crippen LogP contribution in [0.1, 0.15) is 52.9 Å². The van der Waals surface area contributed by atoms with Crippen LogP contribution >= 0.6 is 0 Å². The third-order valence-electron chi connectivity index (χ3n) is 5.44. The van der Waals surface area contributed by atoms with Gasteiger partial charge in [0.15, 0.2) is 0 Å². The fourth-order valence-electron chi connectivity index (χ4n) is 3.86. The number of rotatable bonds is 4. The maximum absolute atomic E-state index is 12.2. The summed E-state index contributed by atoms with van der Waals surface area (Å²) < 4.78 is 0. The fraction of sp³-hybridized carbons (Fsp3) is 0.941. The van der Waals surface area contributed by atoms with Crippen molar-refractivity contribution < 1.29 is 4.79 Å². The molecule has 3 heteroatoms. The van der Waals surface area contributed by atoms with Crippen LogP contribution in [0.4, 0.5) is 0 Å². The summed E-state index contributed by atoms with van der Waals surface area (Å²) in [5, 5.41) is 0. The van der Waals surface area contributed by atoms with E-state index in [1.807, 2.05) is 0 Å². The number of likely N-dealkylation sites (N-methyl/N-ethyl adjacent to an activating group) is 1. The Morgan fingerprint density at radius 2 is 2.05 bits per heavy atom. The highest BCUT2D eigenvalue weighted by Gasteiger charge is 2.34. The van der Waals surface area contributed by atoms with Gasteiger partial charge in [0.25, 0.3) is 0 Å². The van der Waals surface area contributed by atoms with Crippen molar-refractivity contribution in [2.45, 2.75) is 58.4 Å². The minimum absolute atomic E-state index is 0.235. The number of hydrogen-bond acceptors (Lipinski definition) is 3. The second-order valence-corrected chi connectivity index (χ2v) is 7.56. The number of carbonyl (C=O) groups is 1. The van der Waals surface area contributed by atoms with Crippen LogP contribution in [0.5, 0.6) is 0 Å². The van der Waals surface area contributed by atoms with Crippen LogP contribution in [0.3, 0.4) is 0 Å². The quantitative estimate of drug-likeness (QED) is 0.791. The van der Waals surface area contributed by atoms with Gasteiger partial charge in [-0.2, -0.15) is 0 Å². The molecule has 1 saturated carbocycles. The van der Waals surface area contributed by atoms with E-state index in [1.54, 1.807) is 0 Å². The van der Waals surface area contributed by atoms with Crippen LogP contribution in [0.25, 0.3) is 0 Å². The van der Waals surface area contributed by atoms with Gasteiger partial charge < -0.3 is 0 Å². The first-order valence-electron chi connectivity index (χ1n) is 8.38. The minimum atomic E-state index is 0.235. The molecule has 1 heterocycles. The topological polar surface area (TPSA) is 23.6 Å². The lowest BCUT2D eigenvalue weighted by Gasteiger charge is -2.46. The molecule has 0 N–H and O–H groups in total. The number of piperazine rings is 1. The maximum Gasteiger partial charge on any atom is 0.137 e. The van der Waals surface area contributed by atoms with Gasteiger partial charge in [-0.25, -0.2) is 0 Å². The summed E-state index contributed by atoms with van der Waals surface area (Å²) in [5.74, 6) is 1.62. The molecule has 116 valence electrons. The zero-order valence-electron chi connectivity index (χ0n) is 13.8. The van der Waals surface area contributed by atoms with E-state index in [0.29, 0.717) is 11.7 Å². The average molecular weight is 280 g/mol.